The van der Waals surface area contributed by atoms with E-state index in [0.29, 0.717) is 12.5 Å². The van der Waals surface area contributed by atoms with Crippen LogP contribution in [0.25, 0.3) is 0 Å². The van der Waals surface area contributed by atoms with Gasteiger partial charge in [-0.25, -0.2) is 13.1 Å². The number of rotatable bonds is 3. The van der Waals surface area contributed by atoms with E-state index in [2.05, 4.69) is 10.0 Å². The minimum absolute atomic E-state index is 0.598. The van der Waals surface area contributed by atoms with Crippen molar-refractivity contribution >= 4 is 10.0 Å². The van der Waals surface area contributed by atoms with Crippen molar-refractivity contribution in [1.82, 2.24) is 10.0 Å². The van der Waals surface area contributed by atoms with Gasteiger partial charge in [-0.15, -0.1) is 0 Å². The van der Waals surface area contributed by atoms with E-state index in [1.54, 1.807) is 0 Å². The first kappa shape index (κ1) is 8.47. The third kappa shape index (κ3) is 1.62. The van der Waals surface area contributed by atoms with Gasteiger partial charge in [0.2, 0.25) is 10.0 Å². The summed E-state index contributed by atoms with van der Waals surface area (Å²) in [7, 11) is -2.98. The van der Waals surface area contributed by atoms with Gasteiger partial charge in [-0.3, -0.25) is 0 Å². The summed E-state index contributed by atoms with van der Waals surface area (Å²) in [5, 5.41) is 3.27. The monoisotopic (exact) mass is 190 g/mol. The molecule has 0 bridgehead atoms. The van der Waals surface area contributed by atoms with Crippen molar-refractivity contribution in [2.24, 2.45) is 17.8 Å². The minimum atomic E-state index is -2.98. The van der Waals surface area contributed by atoms with E-state index in [1.165, 1.54) is 6.26 Å². The lowest BCUT2D eigenvalue weighted by molar-refractivity contribution is 0.557. The standard InChI is InChI=1S/C7H14N2O2S/c1-12(10,11)9-4-7-5-2-8-3-6(5)7/h5-9H,2-4H2,1H3. The second-order valence-corrected chi connectivity index (χ2v) is 5.60. The highest BCUT2D eigenvalue weighted by Gasteiger charge is 2.52. The van der Waals surface area contributed by atoms with Crippen LogP contribution in [0.3, 0.4) is 0 Å². The molecule has 1 saturated carbocycles. The van der Waals surface area contributed by atoms with Crippen LogP contribution < -0.4 is 10.0 Å². The zero-order valence-corrected chi connectivity index (χ0v) is 7.89. The number of piperidine rings is 1. The zero-order chi connectivity index (χ0) is 8.77. The zero-order valence-electron chi connectivity index (χ0n) is 7.08. The van der Waals surface area contributed by atoms with E-state index >= 15 is 0 Å². The summed E-state index contributed by atoms with van der Waals surface area (Å²) in [6, 6.07) is 0. The lowest BCUT2D eigenvalue weighted by Crippen LogP contribution is -2.27. The fourth-order valence-electron chi connectivity index (χ4n) is 2.10. The van der Waals surface area contributed by atoms with Gasteiger partial charge in [-0.05, 0) is 30.8 Å². The molecule has 2 aliphatic rings. The Morgan fingerprint density at radius 1 is 1.42 bits per heavy atom. The number of hydrogen-bond acceptors (Lipinski definition) is 3. The molecule has 1 aliphatic heterocycles. The first-order valence-electron chi connectivity index (χ1n) is 4.23. The highest BCUT2D eigenvalue weighted by Crippen LogP contribution is 2.47. The molecule has 0 aromatic heterocycles. The Morgan fingerprint density at radius 3 is 2.50 bits per heavy atom. The Labute approximate surface area is 72.8 Å². The fraction of sp³-hybridized carbons (Fsp3) is 1.00. The molecular weight excluding hydrogens is 176 g/mol. The van der Waals surface area contributed by atoms with Gasteiger partial charge in [0.05, 0.1) is 6.26 Å². The van der Waals surface area contributed by atoms with Crippen LogP contribution in [-0.4, -0.2) is 34.3 Å². The second-order valence-electron chi connectivity index (χ2n) is 3.77. The van der Waals surface area contributed by atoms with Crippen LogP contribution in [0.5, 0.6) is 0 Å². The molecule has 12 heavy (non-hydrogen) atoms. The van der Waals surface area contributed by atoms with E-state index in [9.17, 15) is 8.42 Å². The van der Waals surface area contributed by atoms with Gasteiger partial charge >= 0.3 is 0 Å². The SMILES string of the molecule is CS(=O)(=O)NCC1C2CNCC21. The Hall–Kier alpha value is -0.130. The summed E-state index contributed by atoms with van der Waals surface area (Å²) in [5.41, 5.74) is 0. The molecule has 2 rings (SSSR count). The second kappa shape index (κ2) is 2.68. The van der Waals surface area contributed by atoms with Crippen molar-refractivity contribution in [3.63, 3.8) is 0 Å². The van der Waals surface area contributed by atoms with E-state index < -0.39 is 10.0 Å². The number of hydrogen-bond donors (Lipinski definition) is 2. The maximum atomic E-state index is 10.8. The number of nitrogens with one attached hydrogen (secondary N) is 2. The van der Waals surface area contributed by atoms with Gasteiger partial charge < -0.3 is 5.32 Å². The number of sulfonamides is 1. The smallest absolute Gasteiger partial charge is 0.208 e. The molecular formula is C7H14N2O2S. The first-order valence-corrected chi connectivity index (χ1v) is 6.12. The van der Waals surface area contributed by atoms with Crippen LogP contribution in [0.2, 0.25) is 0 Å². The van der Waals surface area contributed by atoms with Gasteiger partial charge in [0.15, 0.2) is 0 Å². The normalized spacial score (nSPS) is 39.6. The van der Waals surface area contributed by atoms with Crippen molar-refractivity contribution in [1.29, 1.82) is 0 Å². The molecule has 5 heteroatoms. The third-order valence-corrected chi connectivity index (χ3v) is 3.54. The van der Waals surface area contributed by atoms with Crippen LogP contribution in [0.4, 0.5) is 0 Å². The quantitative estimate of drug-likeness (QED) is 0.600. The fourth-order valence-corrected chi connectivity index (χ4v) is 2.59. The van der Waals surface area contributed by atoms with Crippen LogP contribution in [0.1, 0.15) is 0 Å². The summed E-state index contributed by atoms with van der Waals surface area (Å²) in [5.74, 6) is 2.07. The lowest BCUT2D eigenvalue weighted by atomic mass is 10.3. The van der Waals surface area contributed by atoms with E-state index in [4.69, 9.17) is 0 Å². The van der Waals surface area contributed by atoms with Crippen LogP contribution in [-0.2, 0) is 10.0 Å². The number of fused-ring (bicyclic) bond motifs is 1. The van der Waals surface area contributed by atoms with Gasteiger partial charge in [0.1, 0.15) is 0 Å². The van der Waals surface area contributed by atoms with Crippen LogP contribution >= 0.6 is 0 Å². The average Bonchev–Trinajstić information content (AvgIpc) is 2.41. The van der Waals surface area contributed by atoms with Gasteiger partial charge in [-0.2, -0.15) is 0 Å². The van der Waals surface area contributed by atoms with E-state index in [1.807, 2.05) is 0 Å². The molecule has 1 heterocycles. The van der Waals surface area contributed by atoms with Crippen molar-refractivity contribution in [3.8, 4) is 0 Å². The average molecular weight is 190 g/mol. The van der Waals surface area contributed by atoms with E-state index in [0.717, 1.165) is 24.9 Å². The molecule has 0 aromatic carbocycles. The molecule has 1 saturated heterocycles. The molecule has 0 radical (unpaired) electrons. The maximum absolute atomic E-state index is 10.8. The predicted molar refractivity (Wildman–Crippen MR) is 46.2 cm³/mol. The Bertz CT molecular complexity index is 265. The molecule has 0 aromatic rings. The summed E-state index contributed by atoms with van der Waals surface area (Å²) in [4.78, 5) is 0. The largest absolute Gasteiger partial charge is 0.316 e. The Morgan fingerprint density at radius 2 is 2.00 bits per heavy atom. The van der Waals surface area contributed by atoms with Gasteiger partial charge in [-0.1, -0.05) is 0 Å². The maximum Gasteiger partial charge on any atom is 0.208 e. The topological polar surface area (TPSA) is 58.2 Å². The summed E-state index contributed by atoms with van der Waals surface area (Å²) >= 11 is 0. The lowest BCUT2D eigenvalue weighted by Gasteiger charge is -2.04. The summed E-state index contributed by atoms with van der Waals surface area (Å²) in [6.45, 7) is 2.78. The molecule has 2 atom stereocenters. The van der Waals surface area contributed by atoms with Gasteiger partial charge in [0, 0.05) is 6.54 Å². The molecule has 2 fully saturated rings. The van der Waals surface area contributed by atoms with Crippen LogP contribution in [0.15, 0.2) is 0 Å². The summed E-state index contributed by atoms with van der Waals surface area (Å²) < 4.78 is 24.1. The van der Waals surface area contributed by atoms with Crippen molar-refractivity contribution in [3.05, 3.63) is 0 Å². The van der Waals surface area contributed by atoms with Gasteiger partial charge in [0.25, 0.3) is 0 Å². The van der Waals surface area contributed by atoms with E-state index in [-0.39, 0.29) is 0 Å². The van der Waals surface area contributed by atoms with Crippen molar-refractivity contribution in [2.75, 3.05) is 25.9 Å². The molecule has 2 unspecified atom stereocenters. The minimum Gasteiger partial charge on any atom is -0.316 e. The molecule has 2 N–H and O–H groups in total. The first-order chi connectivity index (χ1) is 5.58. The predicted octanol–water partition coefficient (Wildman–Crippen LogP) is -0.999. The van der Waals surface area contributed by atoms with Crippen LogP contribution in [0, 0.1) is 17.8 Å². The highest BCUT2D eigenvalue weighted by atomic mass is 32.2. The van der Waals surface area contributed by atoms with Crippen molar-refractivity contribution in [2.45, 2.75) is 0 Å². The Kier molecular flexibility index (Phi) is 1.89. The summed E-state index contributed by atoms with van der Waals surface area (Å²) in [6.07, 6.45) is 1.21. The third-order valence-electron chi connectivity index (χ3n) is 2.85. The highest BCUT2D eigenvalue weighted by molar-refractivity contribution is 7.88. The molecule has 0 spiro atoms. The molecule has 1 aliphatic carbocycles. The Balaban J connectivity index is 1.77. The van der Waals surface area contributed by atoms with Crippen molar-refractivity contribution < 1.29 is 8.42 Å². The molecule has 70 valence electrons. The molecule has 4 nitrogen and oxygen atoms in total. The molecule has 0 amide bonds.